The number of likely N-dealkylation sites (N-methyl/N-ethyl adjacent to an activating group) is 2. The monoisotopic (exact) mass is 322 g/mol. The average molecular weight is 322 g/mol. The van der Waals surface area contributed by atoms with E-state index >= 15 is 0 Å². The van der Waals surface area contributed by atoms with Gasteiger partial charge in [0.2, 0.25) is 11.9 Å². The van der Waals surface area contributed by atoms with E-state index in [-0.39, 0.29) is 17.3 Å². The molecule has 2 aromatic rings. The summed E-state index contributed by atoms with van der Waals surface area (Å²) in [4.78, 5) is 22.0. The van der Waals surface area contributed by atoms with Gasteiger partial charge in [-0.15, -0.1) is 0 Å². The van der Waals surface area contributed by atoms with Gasteiger partial charge in [-0.1, -0.05) is 0 Å². The van der Waals surface area contributed by atoms with Crippen LogP contribution in [0.1, 0.15) is 5.69 Å². The van der Waals surface area contributed by atoms with E-state index in [1.54, 1.807) is 31.1 Å². The molecule has 0 aliphatic carbocycles. The number of hydrogen-bond acceptors (Lipinski definition) is 6. The van der Waals surface area contributed by atoms with Crippen LogP contribution in [-0.4, -0.2) is 51.2 Å². The van der Waals surface area contributed by atoms with E-state index in [4.69, 9.17) is 0 Å². The number of hydrogen-bond donors (Lipinski definition) is 1. The van der Waals surface area contributed by atoms with Gasteiger partial charge in [-0.05, 0) is 25.1 Å². The third-order valence-electron chi connectivity index (χ3n) is 3.28. The lowest BCUT2D eigenvalue weighted by Gasteiger charge is -2.17. The Balaban J connectivity index is 2.52. The Morgan fingerprint density at radius 1 is 1.32 bits per heavy atom. The van der Waals surface area contributed by atoms with Crippen molar-refractivity contribution in [1.29, 1.82) is 0 Å². The number of carbonyl (C=O) groups is 1. The molecule has 22 heavy (non-hydrogen) atoms. The summed E-state index contributed by atoms with van der Waals surface area (Å²) in [5.74, 6) is 0.216. The highest BCUT2D eigenvalue weighted by molar-refractivity contribution is 7.90. The SMILES string of the molecule is CNC(=O)CN(C)c1nc(C)c2ccc(S(C)(=O)=O)cc2n1. The van der Waals surface area contributed by atoms with E-state index < -0.39 is 9.84 Å². The molecule has 0 aliphatic rings. The molecular formula is C14H18N4O3S. The highest BCUT2D eigenvalue weighted by Crippen LogP contribution is 2.22. The lowest BCUT2D eigenvalue weighted by Crippen LogP contribution is -2.34. The molecule has 0 radical (unpaired) electrons. The zero-order valence-corrected chi connectivity index (χ0v) is 13.7. The number of fused-ring (bicyclic) bond motifs is 1. The second-order valence-electron chi connectivity index (χ2n) is 5.09. The van der Waals surface area contributed by atoms with Gasteiger partial charge in [-0.3, -0.25) is 4.79 Å². The number of nitrogens with zero attached hydrogens (tertiary/aromatic N) is 3. The molecule has 0 spiro atoms. The summed E-state index contributed by atoms with van der Waals surface area (Å²) in [6.45, 7) is 1.94. The van der Waals surface area contributed by atoms with Crippen LogP contribution in [0.15, 0.2) is 23.1 Å². The summed E-state index contributed by atoms with van der Waals surface area (Å²) in [5.41, 5.74) is 1.26. The maximum atomic E-state index is 11.7. The van der Waals surface area contributed by atoms with Gasteiger partial charge in [0.15, 0.2) is 9.84 Å². The van der Waals surface area contributed by atoms with Crippen LogP contribution < -0.4 is 10.2 Å². The van der Waals surface area contributed by atoms with Crippen LogP contribution in [0.3, 0.4) is 0 Å². The fourth-order valence-corrected chi connectivity index (χ4v) is 2.66. The minimum absolute atomic E-state index is 0.118. The predicted octanol–water partition coefficient (Wildman–Crippen LogP) is 0.524. The number of amides is 1. The van der Waals surface area contributed by atoms with Crippen molar-refractivity contribution in [2.24, 2.45) is 0 Å². The van der Waals surface area contributed by atoms with Gasteiger partial charge < -0.3 is 10.2 Å². The summed E-state index contributed by atoms with van der Waals surface area (Å²) in [6.07, 6.45) is 1.15. The van der Waals surface area contributed by atoms with Crippen molar-refractivity contribution in [2.75, 3.05) is 31.8 Å². The van der Waals surface area contributed by atoms with Gasteiger partial charge in [0.25, 0.3) is 0 Å². The molecule has 0 saturated carbocycles. The molecule has 1 amide bonds. The highest BCUT2D eigenvalue weighted by Gasteiger charge is 2.14. The summed E-state index contributed by atoms with van der Waals surface area (Å²) in [5, 5.41) is 3.31. The first-order valence-corrected chi connectivity index (χ1v) is 8.51. The smallest absolute Gasteiger partial charge is 0.239 e. The Bertz CT molecular complexity index is 833. The molecule has 8 heteroatoms. The van der Waals surface area contributed by atoms with Crippen LogP contribution in [0, 0.1) is 6.92 Å². The maximum Gasteiger partial charge on any atom is 0.239 e. The number of aromatic nitrogens is 2. The molecule has 2 rings (SSSR count). The molecule has 1 heterocycles. The van der Waals surface area contributed by atoms with E-state index in [2.05, 4.69) is 15.3 Å². The molecule has 0 bridgehead atoms. The van der Waals surface area contributed by atoms with Gasteiger partial charge in [-0.25, -0.2) is 18.4 Å². The van der Waals surface area contributed by atoms with Gasteiger partial charge in [0.05, 0.1) is 22.7 Å². The van der Waals surface area contributed by atoms with Crippen LogP contribution in [0.5, 0.6) is 0 Å². The molecule has 0 saturated heterocycles. The van der Waals surface area contributed by atoms with Gasteiger partial charge in [0, 0.05) is 25.7 Å². The number of carbonyl (C=O) groups excluding carboxylic acids is 1. The lowest BCUT2D eigenvalue weighted by atomic mass is 10.2. The molecule has 0 aliphatic heterocycles. The van der Waals surface area contributed by atoms with Crippen molar-refractivity contribution in [2.45, 2.75) is 11.8 Å². The third kappa shape index (κ3) is 3.33. The Hall–Kier alpha value is -2.22. The topological polar surface area (TPSA) is 92.3 Å². The molecule has 0 fully saturated rings. The van der Waals surface area contributed by atoms with Crippen molar-refractivity contribution in [1.82, 2.24) is 15.3 Å². The standard InChI is InChI=1S/C14H18N4O3S/c1-9-11-6-5-10(22(4,20)21)7-12(11)17-14(16-9)18(3)8-13(19)15-2/h5-7H,8H2,1-4H3,(H,15,19). The number of nitrogens with one attached hydrogen (secondary N) is 1. The number of sulfone groups is 1. The van der Waals surface area contributed by atoms with Gasteiger partial charge in [0.1, 0.15) is 0 Å². The highest BCUT2D eigenvalue weighted by atomic mass is 32.2. The van der Waals surface area contributed by atoms with E-state index in [0.717, 1.165) is 17.3 Å². The van der Waals surface area contributed by atoms with Crippen molar-refractivity contribution in [3.63, 3.8) is 0 Å². The van der Waals surface area contributed by atoms with Crippen LogP contribution in [0.4, 0.5) is 5.95 Å². The Morgan fingerprint density at radius 3 is 2.59 bits per heavy atom. The maximum absolute atomic E-state index is 11.7. The van der Waals surface area contributed by atoms with E-state index in [0.29, 0.717) is 11.5 Å². The number of aryl methyl sites for hydroxylation is 1. The zero-order chi connectivity index (χ0) is 16.5. The summed E-state index contributed by atoms with van der Waals surface area (Å²) >= 11 is 0. The molecular weight excluding hydrogens is 304 g/mol. The minimum Gasteiger partial charge on any atom is -0.358 e. The van der Waals surface area contributed by atoms with Crippen molar-refractivity contribution in [3.8, 4) is 0 Å². The normalized spacial score (nSPS) is 11.5. The van der Waals surface area contributed by atoms with E-state index in [1.165, 1.54) is 6.07 Å². The Kier molecular flexibility index (Phi) is 4.32. The molecule has 1 N–H and O–H groups in total. The first kappa shape index (κ1) is 16.2. The van der Waals surface area contributed by atoms with E-state index in [9.17, 15) is 13.2 Å². The fourth-order valence-electron chi connectivity index (χ4n) is 2.02. The Labute approximate surface area is 129 Å². The van der Waals surface area contributed by atoms with E-state index in [1.807, 2.05) is 6.92 Å². The van der Waals surface area contributed by atoms with Crippen LogP contribution in [-0.2, 0) is 14.6 Å². The van der Waals surface area contributed by atoms with Crippen molar-refractivity contribution in [3.05, 3.63) is 23.9 Å². The zero-order valence-electron chi connectivity index (χ0n) is 12.9. The summed E-state index contributed by atoms with van der Waals surface area (Å²) < 4.78 is 23.3. The first-order valence-electron chi connectivity index (χ1n) is 6.62. The van der Waals surface area contributed by atoms with Crippen LogP contribution >= 0.6 is 0 Å². The second-order valence-corrected chi connectivity index (χ2v) is 7.11. The minimum atomic E-state index is -3.30. The largest absolute Gasteiger partial charge is 0.358 e. The molecule has 118 valence electrons. The quantitative estimate of drug-likeness (QED) is 0.882. The predicted molar refractivity (Wildman–Crippen MR) is 84.7 cm³/mol. The van der Waals surface area contributed by atoms with Crippen LogP contribution in [0.25, 0.3) is 10.9 Å². The molecule has 0 unspecified atom stereocenters. The molecule has 7 nitrogen and oxygen atoms in total. The number of rotatable bonds is 4. The second kappa shape index (κ2) is 5.88. The number of anilines is 1. The summed E-state index contributed by atoms with van der Waals surface area (Å²) in [7, 11) is -0.0401. The average Bonchev–Trinajstić information content (AvgIpc) is 2.45. The van der Waals surface area contributed by atoms with Gasteiger partial charge in [-0.2, -0.15) is 0 Å². The van der Waals surface area contributed by atoms with Gasteiger partial charge >= 0.3 is 0 Å². The van der Waals surface area contributed by atoms with Crippen molar-refractivity contribution < 1.29 is 13.2 Å². The third-order valence-corrected chi connectivity index (χ3v) is 4.39. The number of benzene rings is 1. The van der Waals surface area contributed by atoms with Crippen molar-refractivity contribution >= 4 is 32.6 Å². The molecule has 1 aromatic carbocycles. The summed E-state index contributed by atoms with van der Waals surface area (Å²) in [6, 6.07) is 4.77. The van der Waals surface area contributed by atoms with Crippen LogP contribution in [0.2, 0.25) is 0 Å². The lowest BCUT2D eigenvalue weighted by molar-refractivity contribution is -0.119. The molecule has 0 atom stereocenters. The molecule has 1 aromatic heterocycles. The Morgan fingerprint density at radius 2 is 2.00 bits per heavy atom. The first-order chi connectivity index (χ1) is 10.2. The fraction of sp³-hybridized carbons (Fsp3) is 0.357.